The number of carbonyl (C=O) groups is 1. The number of aromatic amines is 1. The van der Waals surface area contributed by atoms with Crippen LogP contribution in [0.4, 0.5) is 0 Å². The number of nitrogens with one attached hydrogen (secondary N) is 2. The zero-order chi connectivity index (χ0) is 21.2. The van der Waals surface area contributed by atoms with Crippen molar-refractivity contribution in [1.29, 1.82) is 0 Å². The maximum atomic E-state index is 13.2. The molecular weight excluding hydrogens is 390 g/mol. The molecule has 3 rings (SSSR count). The second kappa shape index (κ2) is 8.67. The Balaban J connectivity index is 1.97. The Labute approximate surface area is 171 Å². The van der Waals surface area contributed by atoms with Gasteiger partial charge < -0.3 is 10.3 Å². The van der Waals surface area contributed by atoms with Gasteiger partial charge >= 0.3 is 0 Å². The molecule has 2 heterocycles. The summed E-state index contributed by atoms with van der Waals surface area (Å²) in [6.45, 7) is 7.55. The highest BCUT2D eigenvalue weighted by Crippen LogP contribution is 2.27. The molecular formula is C21H29N3O4S. The lowest BCUT2D eigenvalue weighted by Gasteiger charge is -2.34. The van der Waals surface area contributed by atoms with Gasteiger partial charge in [-0.15, -0.1) is 0 Å². The Morgan fingerprint density at radius 1 is 1.24 bits per heavy atom. The molecule has 0 bridgehead atoms. The van der Waals surface area contributed by atoms with Crippen LogP contribution in [0.2, 0.25) is 0 Å². The van der Waals surface area contributed by atoms with Gasteiger partial charge in [0.15, 0.2) is 0 Å². The monoisotopic (exact) mass is 419 g/mol. The third-order valence-electron chi connectivity index (χ3n) is 5.39. The molecule has 7 nitrogen and oxygen atoms in total. The fourth-order valence-corrected chi connectivity index (χ4v) is 5.66. The number of fused-ring (bicyclic) bond motifs is 1. The minimum atomic E-state index is -3.71. The smallest absolute Gasteiger partial charge is 0.256 e. The van der Waals surface area contributed by atoms with Gasteiger partial charge in [-0.2, -0.15) is 4.31 Å². The highest BCUT2D eigenvalue weighted by molar-refractivity contribution is 7.89. The minimum absolute atomic E-state index is 0.0108. The number of benzene rings is 1. The van der Waals surface area contributed by atoms with E-state index in [1.165, 1.54) is 22.6 Å². The largest absolute Gasteiger partial charge is 0.360 e. The summed E-state index contributed by atoms with van der Waals surface area (Å²) in [5, 5.41) is 2.93. The van der Waals surface area contributed by atoms with Crippen molar-refractivity contribution < 1.29 is 13.2 Å². The average molecular weight is 420 g/mol. The van der Waals surface area contributed by atoms with Gasteiger partial charge in [-0.25, -0.2) is 8.42 Å². The van der Waals surface area contributed by atoms with Crippen LogP contribution in [0.15, 0.2) is 34.1 Å². The van der Waals surface area contributed by atoms with E-state index in [2.05, 4.69) is 10.3 Å². The molecule has 0 spiro atoms. The van der Waals surface area contributed by atoms with E-state index in [1.54, 1.807) is 6.07 Å². The molecule has 8 heteroatoms. The molecule has 0 radical (unpaired) electrons. The zero-order valence-corrected chi connectivity index (χ0v) is 18.0. The number of rotatable bonds is 6. The van der Waals surface area contributed by atoms with Crippen molar-refractivity contribution in [2.45, 2.75) is 44.9 Å². The third-order valence-corrected chi connectivity index (χ3v) is 7.21. The Hall–Kier alpha value is -2.19. The van der Waals surface area contributed by atoms with E-state index in [4.69, 9.17) is 0 Å². The molecule has 1 fully saturated rings. The van der Waals surface area contributed by atoms with Crippen molar-refractivity contribution in [3.8, 4) is 0 Å². The van der Waals surface area contributed by atoms with E-state index in [-0.39, 0.29) is 27.7 Å². The van der Waals surface area contributed by atoms with Crippen LogP contribution in [-0.4, -0.2) is 43.2 Å². The molecule has 2 atom stereocenters. The molecule has 1 aliphatic heterocycles. The number of hydrogen-bond donors (Lipinski definition) is 2. The van der Waals surface area contributed by atoms with Crippen LogP contribution >= 0.6 is 0 Å². The van der Waals surface area contributed by atoms with Gasteiger partial charge in [-0.3, -0.25) is 9.59 Å². The van der Waals surface area contributed by atoms with Crippen molar-refractivity contribution in [2.75, 3.05) is 19.6 Å². The Bertz CT molecular complexity index is 1050. The molecule has 0 aliphatic carbocycles. The molecule has 0 unspecified atom stereocenters. The van der Waals surface area contributed by atoms with Gasteiger partial charge in [-0.05, 0) is 42.9 Å². The van der Waals surface area contributed by atoms with Crippen molar-refractivity contribution in [2.24, 2.45) is 11.8 Å². The van der Waals surface area contributed by atoms with Crippen LogP contribution in [0, 0.1) is 11.8 Å². The first kappa shape index (κ1) is 21.5. The van der Waals surface area contributed by atoms with Gasteiger partial charge in [0.05, 0.1) is 4.90 Å². The number of unbranched alkanes of at least 4 members (excludes halogenated alkanes) is 1. The fraction of sp³-hybridized carbons (Fsp3) is 0.524. The molecule has 158 valence electrons. The van der Waals surface area contributed by atoms with E-state index in [9.17, 15) is 18.0 Å². The number of sulfonamides is 1. The number of hydrogen-bond acceptors (Lipinski definition) is 4. The predicted molar refractivity (Wildman–Crippen MR) is 114 cm³/mol. The van der Waals surface area contributed by atoms with Gasteiger partial charge in [0, 0.05) is 36.7 Å². The van der Waals surface area contributed by atoms with E-state index < -0.39 is 21.4 Å². The summed E-state index contributed by atoms with van der Waals surface area (Å²) >= 11 is 0. The van der Waals surface area contributed by atoms with Crippen LogP contribution in [0.25, 0.3) is 10.9 Å². The quantitative estimate of drug-likeness (QED) is 0.703. The zero-order valence-electron chi connectivity index (χ0n) is 17.2. The van der Waals surface area contributed by atoms with Crippen molar-refractivity contribution >= 4 is 26.8 Å². The van der Waals surface area contributed by atoms with Gasteiger partial charge in [0.2, 0.25) is 15.5 Å². The topological polar surface area (TPSA) is 99.3 Å². The van der Waals surface area contributed by atoms with Crippen molar-refractivity contribution in [1.82, 2.24) is 14.6 Å². The first-order valence-corrected chi connectivity index (χ1v) is 11.6. The second-order valence-electron chi connectivity index (χ2n) is 8.12. The Morgan fingerprint density at radius 2 is 1.93 bits per heavy atom. The number of piperidine rings is 1. The lowest BCUT2D eigenvalue weighted by molar-refractivity contribution is 0.0952. The maximum absolute atomic E-state index is 13.2. The average Bonchev–Trinajstić information content (AvgIpc) is 2.67. The fourth-order valence-electron chi connectivity index (χ4n) is 3.95. The van der Waals surface area contributed by atoms with Crippen LogP contribution < -0.4 is 10.7 Å². The number of H-pyrrole nitrogens is 1. The first-order chi connectivity index (χ1) is 13.7. The van der Waals surface area contributed by atoms with Crippen molar-refractivity contribution in [3.05, 3.63) is 40.2 Å². The molecule has 1 saturated heterocycles. The SMILES string of the molecule is CCCCNC(=O)c1c[nH]c2ccc(S(=O)(=O)N3C[C@H](C)C[C@@H](C)C3)cc2c1=O. The summed E-state index contributed by atoms with van der Waals surface area (Å²) in [7, 11) is -3.71. The van der Waals surface area contributed by atoms with E-state index in [1.807, 2.05) is 20.8 Å². The summed E-state index contributed by atoms with van der Waals surface area (Å²) < 4.78 is 27.8. The predicted octanol–water partition coefficient (Wildman–Crippen LogP) is 2.72. The van der Waals surface area contributed by atoms with E-state index in [0.717, 1.165) is 19.3 Å². The molecule has 2 N–H and O–H groups in total. The van der Waals surface area contributed by atoms with Gasteiger partial charge in [0.25, 0.3) is 5.91 Å². The van der Waals surface area contributed by atoms with E-state index in [0.29, 0.717) is 25.2 Å². The molecule has 1 amide bonds. The van der Waals surface area contributed by atoms with Gasteiger partial charge in [0.1, 0.15) is 5.56 Å². The highest BCUT2D eigenvalue weighted by atomic mass is 32.2. The lowest BCUT2D eigenvalue weighted by atomic mass is 9.94. The molecule has 1 aromatic heterocycles. The summed E-state index contributed by atoms with van der Waals surface area (Å²) in [6, 6.07) is 4.48. The van der Waals surface area contributed by atoms with Crippen LogP contribution in [0.3, 0.4) is 0 Å². The number of pyridine rings is 1. The molecule has 1 aromatic carbocycles. The number of aromatic nitrogens is 1. The first-order valence-electron chi connectivity index (χ1n) is 10.2. The lowest BCUT2D eigenvalue weighted by Crippen LogP contribution is -2.42. The molecule has 0 saturated carbocycles. The van der Waals surface area contributed by atoms with E-state index >= 15 is 0 Å². The molecule has 29 heavy (non-hydrogen) atoms. The summed E-state index contributed by atoms with van der Waals surface area (Å²) in [5.74, 6) is 0.125. The standard InChI is InChI=1S/C21H29N3O4S/c1-4-5-8-22-21(26)18-11-23-19-7-6-16(10-17(19)20(18)25)29(27,28)24-12-14(2)9-15(3)13-24/h6-7,10-11,14-15H,4-5,8-9,12-13H2,1-3H3,(H,22,26)(H,23,25)/t14-,15-/m1/s1. The molecule has 2 aromatic rings. The number of amides is 1. The van der Waals surface area contributed by atoms with Crippen LogP contribution in [0.1, 0.15) is 50.4 Å². The Morgan fingerprint density at radius 3 is 2.59 bits per heavy atom. The third kappa shape index (κ3) is 4.53. The van der Waals surface area contributed by atoms with Crippen LogP contribution in [0.5, 0.6) is 0 Å². The van der Waals surface area contributed by atoms with Crippen molar-refractivity contribution in [3.63, 3.8) is 0 Å². The number of nitrogens with zero attached hydrogens (tertiary/aromatic N) is 1. The van der Waals surface area contributed by atoms with Crippen LogP contribution in [-0.2, 0) is 10.0 Å². The number of carbonyl (C=O) groups excluding carboxylic acids is 1. The summed E-state index contributed by atoms with van der Waals surface area (Å²) in [6.07, 6.45) is 4.14. The second-order valence-corrected chi connectivity index (χ2v) is 10.1. The summed E-state index contributed by atoms with van der Waals surface area (Å²) in [5.41, 5.74) is 0.0213. The van der Waals surface area contributed by atoms with Gasteiger partial charge in [-0.1, -0.05) is 27.2 Å². The normalized spacial score (nSPS) is 20.7. The molecule has 1 aliphatic rings. The maximum Gasteiger partial charge on any atom is 0.256 e. The highest BCUT2D eigenvalue weighted by Gasteiger charge is 2.32. The minimum Gasteiger partial charge on any atom is -0.360 e. The Kier molecular flexibility index (Phi) is 6.43. The summed E-state index contributed by atoms with van der Waals surface area (Å²) in [4.78, 5) is 28.2.